The van der Waals surface area contributed by atoms with Crippen LogP contribution in [0.5, 0.6) is 5.75 Å². The van der Waals surface area contributed by atoms with Crippen LogP contribution in [-0.4, -0.2) is 52.3 Å². The van der Waals surface area contributed by atoms with Crippen molar-refractivity contribution >= 4 is 29.3 Å². The minimum Gasteiger partial charge on any atom is -0.484 e. The molecular weight excluding hydrogens is 500 g/mol. The molecule has 9 heteroatoms. The van der Waals surface area contributed by atoms with E-state index in [0.29, 0.717) is 23.2 Å². The van der Waals surface area contributed by atoms with E-state index in [1.165, 1.54) is 17.4 Å². The number of piperidine rings is 1. The van der Waals surface area contributed by atoms with Crippen molar-refractivity contribution in [1.29, 1.82) is 0 Å². The molecule has 1 aliphatic rings. The summed E-state index contributed by atoms with van der Waals surface area (Å²) in [6, 6.07) is 19.0. The number of carboxylic acid groups (broad SMARTS) is 1. The standard InChI is InChI=1S/C29H34N4O4S/c1-3-23(29(35)36)30-27(34)25-26(37-19-21-10-6-4-7-11-21)28(38-2)32-24(31-25)18-20-14-16-33(17-15-20)22-12-8-5-9-13-22/h4-13,20,23H,3,14-19H2,1-2H3,(H,30,34)(H,35,36). The Hall–Kier alpha value is -3.59. The minimum atomic E-state index is -1.09. The van der Waals surface area contributed by atoms with Crippen LogP contribution in [0.2, 0.25) is 0 Å². The van der Waals surface area contributed by atoms with E-state index < -0.39 is 17.9 Å². The van der Waals surface area contributed by atoms with Gasteiger partial charge in [-0.2, -0.15) is 0 Å². The lowest BCUT2D eigenvalue weighted by atomic mass is 9.93. The van der Waals surface area contributed by atoms with E-state index in [-0.39, 0.29) is 24.5 Å². The first-order valence-electron chi connectivity index (χ1n) is 12.9. The second kappa shape index (κ2) is 13.3. The van der Waals surface area contributed by atoms with Crippen molar-refractivity contribution in [3.63, 3.8) is 0 Å². The predicted octanol–water partition coefficient (Wildman–Crippen LogP) is 4.83. The fraction of sp³-hybridized carbons (Fsp3) is 0.379. The zero-order valence-corrected chi connectivity index (χ0v) is 22.6. The highest BCUT2D eigenvalue weighted by atomic mass is 32.2. The second-order valence-corrected chi connectivity index (χ2v) is 10.1. The number of rotatable bonds is 11. The van der Waals surface area contributed by atoms with E-state index in [1.54, 1.807) is 6.92 Å². The minimum absolute atomic E-state index is 0.0803. The summed E-state index contributed by atoms with van der Waals surface area (Å²) in [5.41, 5.74) is 2.25. The number of nitrogens with zero attached hydrogens (tertiary/aromatic N) is 3. The highest BCUT2D eigenvalue weighted by Gasteiger charge is 2.27. The molecule has 2 heterocycles. The van der Waals surface area contributed by atoms with E-state index in [1.807, 2.05) is 42.7 Å². The summed E-state index contributed by atoms with van der Waals surface area (Å²) in [6.45, 7) is 3.86. The first-order chi connectivity index (χ1) is 18.5. The number of ether oxygens (including phenoxy) is 1. The Balaban J connectivity index is 1.55. The summed E-state index contributed by atoms with van der Waals surface area (Å²) in [7, 11) is 0. The molecule has 0 aliphatic carbocycles. The van der Waals surface area contributed by atoms with Gasteiger partial charge in [0.05, 0.1) is 0 Å². The van der Waals surface area contributed by atoms with Crippen molar-refractivity contribution in [2.45, 2.75) is 50.3 Å². The van der Waals surface area contributed by atoms with Crippen molar-refractivity contribution in [3.05, 3.63) is 77.7 Å². The van der Waals surface area contributed by atoms with Gasteiger partial charge in [0.25, 0.3) is 5.91 Å². The van der Waals surface area contributed by atoms with Crippen molar-refractivity contribution in [3.8, 4) is 5.75 Å². The maximum absolute atomic E-state index is 13.3. The number of nitrogens with one attached hydrogen (secondary N) is 1. The number of carbonyl (C=O) groups is 2. The number of carboxylic acids is 1. The summed E-state index contributed by atoms with van der Waals surface area (Å²) in [6.07, 6.45) is 4.78. The van der Waals surface area contributed by atoms with Gasteiger partial charge in [-0.25, -0.2) is 14.8 Å². The van der Waals surface area contributed by atoms with Gasteiger partial charge in [-0.05, 0) is 49.1 Å². The van der Waals surface area contributed by atoms with E-state index >= 15 is 0 Å². The maximum atomic E-state index is 13.3. The maximum Gasteiger partial charge on any atom is 0.326 e. The fourth-order valence-corrected chi connectivity index (χ4v) is 5.11. The van der Waals surface area contributed by atoms with Crippen LogP contribution in [0.25, 0.3) is 0 Å². The van der Waals surface area contributed by atoms with Gasteiger partial charge >= 0.3 is 5.97 Å². The normalized spacial score (nSPS) is 14.6. The Morgan fingerprint density at radius 1 is 1.08 bits per heavy atom. The van der Waals surface area contributed by atoms with Crippen molar-refractivity contribution in [2.24, 2.45) is 5.92 Å². The number of anilines is 1. The molecule has 1 aromatic heterocycles. The molecule has 1 atom stereocenters. The Labute approximate surface area is 227 Å². The molecule has 0 spiro atoms. The molecule has 4 rings (SSSR count). The van der Waals surface area contributed by atoms with Crippen LogP contribution in [0.4, 0.5) is 5.69 Å². The molecule has 3 aromatic rings. The topological polar surface area (TPSA) is 105 Å². The molecule has 0 bridgehead atoms. The Bertz CT molecular complexity index is 1220. The lowest BCUT2D eigenvalue weighted by molar-refractivity contribution is -0.139. The average Bonchev–Trinajstić information content (AvgIpc) is 2.95. The van der Waals surface area contributed by atoms with E-state index in [9.17, 15) is 14.7 Å². The van der Waals surface area contributed by atoms with Crippen LogP contribution in [0.1, 0.15) is 48.1 Å². The third kappa shape index (κ3) is 7.04. The Morgan fingerprint density at radius 3 is 2.34 bits per heavy atom. The molecule has 2 aromatic carbocycles. The lowest BCUT2D eigenvalue weighted by Gasteiger charge is -2.33. The molecule has 1 unspecified atom stereocenters. The number of amides is 1. The first kappa shape index (κ1) is 27.4. The molecular formula is C29H34N4O4S. The number of hydrogen-bond donors (Lipinski definition) is 2. The number of aromatic nitrogens is 2. The van der Waals surface area contributed by atoms with Crippen molar-refractivity contribution < 1.29 is 19.4 Å². The third-order valence-electron chi connectivity index (χ3n) is 6.73. The lowest BCUT2D eigenvalue weighted by Crippen LogP contribution is -2.41. The zero-order valence-electron chi connectivity index (χ0n) is 21.8. The summed E-state index contributed by atoms with van der Waals surface area (Å²) in [4.78, 5) is 36.7. The summed E-state index contributed by atoms with van der Waals surface area (Å²) in [5, 5.41) is 12.7. The number of thioether (sulfide) groups is 1. The van der Waals surface area contributed by atoms with Gasteiger partial charge < -0.3 is 20.1 Å². The van der Waals surface area contributed by atoms with Crippen molar-refractivity contribution in [2.75, 3.05) is 24.2 Å². The van der Waals surface area contributed by atoms with Crippen LogP contribution in [0.3, 0.4) is 0 Å². The van der Waals surface area contributed by atoms with Crippen molar-refractivity contribution in [1.82, 2.24) is 15.3 Å². The Morgan fingerprint density at radius 2 is 1.74 bits per heavy atom. The molecule has 1 saturated heterocycles. The van der Waals surface area contributed by atoms with Gasteiger partial charge in [0, 0.05) is 25.2 Å². The quantitative estimate of drug-likeness (QED) is 0.266. The number of aliphatic carboxylic acids is 1. The van der Waals surface area contributed by atoms with Gasteiger partial charge in [0.15, 0.2) is 11.4 Å². The highest BCUT2D eigenvalue weighted by Crippen LogP contribution is 2.32. The van der Waals surface area contributed by atoms with E-state index in [2.05, 4.69) is 39.5 Å². The predicted molar refractivity (Wildman–Crippen MR) is 149 cm³/mol. The van der Waals surface area contributed by atoms with Gasteiger partial charge in [-0.15, -0.1) is 11.8 Å². The number of benzene rings is 2. The van der Waals surface area contributed by atoms with Gasteiger partial charge in [0.1, 0.15) is 23.5 Å². The SMILES string of the molecule is CCC(NC(=O)c1nc(CC2CCN(c3ccccc3)CC2)nc(SC)c1OCc1ccccc1)C(=O)O. The largest absolute Gasteiger partial charge is 0.484 e. The van der Waals surface area contributed by atoms with Crippen LogP contribution in [0, 0.1) is 5.92 Å². The molecule has 8 nitrogen and oxygen atoms in total. The van der Waals surface area contributed by atoms with E-state index in [0.717, 1.165) is 31.5 Å². The Kier molecular flexibility index (Phi) is 9.59. The number of hydrogen-bond acceptors (Lipinski definition) is 7. The molecule has 0 radical (unpaired) electrons. The smallest absolute Gasteiger partial charge is 0.326 e. The van der Waals surface area contributed by atoms with Crippen LogP contribution < -0.4 is 15.0 Å². The third-order valence-corrected chi connectivity index (χ3v) is 7.40. The van der Waals surface area contributed by atoms with Crippen LogP contribution >= 0.6 is 11.8 Å². The number of para-hydroxylation sites is 1. The first-order valence-corrected chi connectivity index (χ1v) is 14.2. The van der Waals surface area contributed by atoms with Crippen LogP contribution in [0.15, 0.2) is 65.7 Å². The van der Waals surface area contributed by atoms with E-state index in [4.69, 9.17) is 9.72 Å². The van der Waals surface area contributed by atoms with Gasteiger partial charge in [-0.1, -0.05) is 55.5 Å². The number of carbonyl (C=O) groups excluding carboxylic acids is 1. The highest BCUT2D eigenvalue weighted by molar-refractivity contribution is 7.98. The molecule has 1 aliphatic heterocycles. The zero-order chi connectivity index (χ0) is 26.9. The molecule has 2 N–H and O–H groups in total. The van der Waals surface area contributed by atoms with Gasteiger partial charge in [0.2, 0.25) is 0 Å². The fourth-order valence-electron chi connectivity index (χ4n) is 4.57. The average molecular weight is 535 g/mol. The molecule has 1 fully saturated rings. The second-order valence-electron chi connectivity index (χ2n) is 9.34. The van der Waals surface area contributed by atoms with Crippen LogP contribution in [-0.2, 0) is 17.8 Å². The molecule has 0 saturated carbocycles. The molecule has 1 amide bonds. The van der Waals surface area contributed by atoms with Gasteiger partial charge in [-0.3, -0.25) is 4.79 Å². The summed E-state index contributed by atoms with van der Waals surface area (Å²) < 4.78 is 6.09. The molecule has 200 valence electrons. The molecule has 38 heavy (non-hydrogen) atoms. The monoisotopic (exact) mass is 534 g/mol. The summed E-state index contributed by atoms with van der Waals surface area (Å²) >= 11 is 1.39. The summed E-state index contributed by atoms with van der Waals surface area (Å²) in [5.74, 6) is -0.411.